The number of piperidine rings is 1. The van der Waals surface area contributed by atoms with Gasteiger partial charge in [-0.2, -0.15) is 5.10 Å². The summed E-state index contributed by atoms with van der Waals surface area (Å²) < 4.78 is 29.4. The average Bonchev–Trinajstić information content (AvgIpc) is 3.19. The zero-order valence-electron chi connectivity index (χ0n) is 17.6. The average molecular weight is 454 g/mol. The van der Waals surface area contributed by atoms with Crippen molar-refractivity contribution in [2.24, 2.45) is 5.92 Å². The van der Waals surface area contributed by atoms with E-state index in [2.05, 4.69) is 15.0 Å². The molecule has 0 atom stereocenters. The summed E-state index contributed by atoms with van der Waals surface area (Å²) in [6.07, 6.45) is 5.77. The molecule has 0 saturated carbocycles. The smallest absolute Gasteiger partial charge is 0.164 e. The monoisotopic (exact) mass is 453 g/mol. The molecule has 0 unspecified atom stereocenters. The summed E-state index contributed by atoms with van der Waals surface area (Å²) in [7, 11) is 0. The van der Waals surface area contributed by atoms with Gasteiger partial charge in [0.15, 0.2) is 17.3 Å². The van der Waals surface area contributed by atoms with Crippen LogP contribution < -0.4 is 4.90 Å². The van der Waals surface area contributed by atoms with Crippen LogP contribution in [0, 0.1) is 24.5 Å². The van der Waals surface area contributed by atoms with Crippen molar-refractivity contribution in [3.63, 3.8) is 0 Å². The van der Waals surface area contributed by atoms with Crippen molar-refractivity contribution < 1.29 is 8.78 Å². The van der Waals surface area contributed by atoms with Gasteiger partial charge in [0.1, 0.15) is 5.82 Å². The first-order valence-corrected chi connectivity index (χ1v) is 11.0. The number of fused-ring (bicyclic) bond motifs is 1. The summed E-state index contributed by atoms with van der Waals surface area (Å²) >= 11 is 6.28. The maximum Gasteiger partial charge on any atom is 0.164 e. The summed E-state index contributed by atoms with van der Waals surface area (Å²) in [6, 6.07) is 9.96. The molecule has 1 saturated heterocycles. The summed E-state index contributed by atoms with van der Waals surface area (Å²) in [4.78, 5) is 10.9. The molecule has 1 fully saturated rings. The number of rotatable bonds is 4. The third-order valence-electron chi connectivity index (χ3n) is 6.03. The Bertz CT molecular complexity index is 1280. The number of aryl methyl sites for hydroxylation is 1. The Morgan fingerprint density at radius 1 is 1.09 bits per heavy atom. The van der Waals surface area contributed by atoms with Crippen LogP contribution >= 0.6 is 11.6 Å². The second-order valence-electron chi connectivity index (χ2n) is 8.25. The van der Waals surface area contributed by atoms with E-state index in [-0.39, 0.29) is 11.6 Å². The van der Waals surface area contributed by atoms with E-state index in [1.807, 2.05) is 25.3 Å². The molecule has 0 aliphatic carbocycles. The van der Waals surface area contributed by atoms with Gasteiger partial charge in [-0.3, -0.25) is 4.98 Å². The van der Waals surface area contributed by atoms with Gasteiger partial charge in [-0.05, 0) is 62.1 Å². The Labute approximate surface area is 189 Å². The number of nitrogens with zero attached hydrogens (tertiary/aromatic N) is 5. The second kappa shape index (κ2) is 8.47. The number of hydrogen-bond acceptors (Lipinski definition) is 4. The molecule has 1 aliphatic heterocycles. The highest BCUT2D eigenvalue weighted by atomic mass is 35.5. The van der Waals surface area contributed by atoms with Crippen molar-refractivity contribution in [1.29, 1.82) is 0 Å². The Morgan fingerprint density at radius 2 is 1.91 bits per heavy atom. The minimum Gasteiger partial charge on any atom is -0.369 e. The lowest BCUT2D eigenvalue weighted by molar-refractivity contribution is 0.394. The zero-order chi connectivity index (χ0) is 22.2. The van der Waals surface area contributed by atoms with Crippen molar-refractivity contribution in [3.05, 3.63) is 77.0 Å². The number of aromatic nitrogens is 4. The van der Waals surface area contributed by atoms with E-state index < -0.39 is 0 Å². The summed E-state index contributed by atoms with van der Waals surface area (Å²) in [6.45, 7) is 3.45. The fourth-order valence-electron chi connectivity index (χ4n) is 4.36. The molecular formula is C24H22ClF2N5. The molecule has 0 bridgehead atoms. The Kier molecular flexibility index (Phi) is 5.51. The van der Waals surface area contributed by atoms with Gasteiger partial charge in [0.05, 0.1) is 16.9 Å². The molecule has 4 aromatic rings. The number of halogens is 3. The number of hydrogen-bond donors (Lipinski definition) is 0. The standard InChI is InChI=1S/C24H22ClF2N5/c1-15-11-22(21(27)14-28-15)31-9-6-16(7-10-31)12-23-29-24-19(3-2-8-32(24)30-23)18-5-4-17(26)13-20(18)25/h2-5,8,11,13-14,16H,6-7,9-10,12H2,1H3. The molecule has 8 heteroatoms. The highest BCUT2D eigenvalue weighted by Crippen LogP contribution is 2.32. The SMILES string of the molecule is Cc1cc(N2CCC(Cc3nc4c(-c5ccc(F)cc5Cl)cccn4n3)CC2)c(F)cn1. The molecule has 164 valence electrons. The minimum absolute atomic E-state index is 0.275. The van der Waals surface area contributed by atoms with Gasteiger partial charge in [0, 0.05) is 42.5 Å². The van der Waals surface area contributed by atoms with E-state index in [1.54, 1.807) is 16.6 Å². The van der Waals surface area contributed by atoms with Crippen LogP contribution in [0.1, 0.15) is 24.4 Å². The summed E-state index contributed by atoms with van der Waals surface area (Å²) in [5, 5.41) is 4.99. The van der Waals surface area contributed by atoms with Crippen molar-refractivity contribution in [1.82, 2.24) is 19.6 Å². The molecule has 1 aromatic carbocycles. The third kappa shape index (κ3) is 4.05. The molecule has 5 rings (SSSR count). The first-order valence-electron chi connectivity index (χ1n) is 10.6. The van der Waals surface area contributed by atoms with Gasteiger partial charge in [0.25, 0.3) is 0 Å². The van der Waals surface area contributed by atoms with Crippen molar-refractivity contribution in [3.8, 4) is 11.1 Å². The molecular weight excluding hydrogens is 432 g/mol. The molecule has 5 nitrogen and oxygen atoms in total. The van der Waals surface area contributed by atoms with E-state index in [0.717, 1.165) is 55.0 Å². The van der Waals surface area contributed by atoms with Crippen LogP contribution in [0.5, 0.6) is 0 Å². The summed E-state index contributed by atoms with van der Waals surface area (Å²) in [5.74, 6) is 0.539. The lowest BCUT2D eigenvalue weighted by atomic mass is 9.93. The van der Waals surface area contributed by atoms with E-state index in [4.69, 9.17) is 16.6 Å². The van der Waals surface area contributed by atoms with E-state index >= 15 is 0 Å². The van der Waals surface area contributed by atoms with Crippen LogP contribution in [0.2, 0.25) is 5.02 Å². The van der Waals surface area contributed by atoms with Crippen LogP contribution in [0.4, 0.5) is 14.5 Å². The Hall–Kier alpha value is -3.06. The van der Waals surface area contributed by atoms with E-state index in [0.29, 0.717) is 22.3 Å². The van der Waals surface area contributed by atoms with Crippen LogP contribution in [-0.2, 0) is 6.42 Å². The Balaban J connectivity index is 1.33. The zero-order valence-corrected chi connectivity index (χ0v) is 18.4. The fourth-order valence-corrected chi connectivity index (χ4v) is 4.63. The van der Waals surface area contributed by atoms with Gasteiger partial charge in [-0.1, -0.05) is 11.6 Å². The highest BCUT2D eigenvalue weighted by molar-refractivity contribution is 6.33. The van der Waals surface area contributed by atoms with Crippen molar-refractivity contribution in [2.75, 3.05) is 18.0 Å². The van der Waals surface area contributed by atoms with Crippen LogP contribution in [0.3, 0.4) is 0 Å². The molecule has 4 heterocycles. The summed E-state index contributed by atoms with van der Waals surface area (Å²) in [5.41, 5.74) is 3.68. The topological polar surface area (TPSA) is 46.3 Å². The molecule has 3 aromatic heterocycles. The quantitative estimate of drug-likeness (QED) is 0.410. The van der Waals surface area contributed by atoms with E-state index in [1.165, 1.54) is 18.3 Å². The first kappa shape index (κ1) is 20.8. The second-order valence-corrected chi connectivity index (χ2v) is 8.66. The van der Waals surface area contributed by atoms with Crippen LogP contribution in [0.15, 0.2) is 48.8 Å². The molecule has 0 N–H and O–H groups in total. The number of benzene rings is 1. The van der Waals surface area contributed by atoms with Gasteiger partial charge in [-0.15, -0.1) is 0 Å². The van der Waals surface area contributed by atoms with Crippen molar-refractivity contribution in [2.45, 2.75) is 26.2 Å². The first-order chi connectivity index (χ1) is 15.5. The molecule has 0 radical (unpaired) electrons. The number of anilines is 1. The van der Waals surface area contributed by atoms with Crippen molar-refractivity contribution >= 4 is 22.9 Å². The maximum absolute atomic E-state index is 14.2. The minimum atomic E-state index is -0.374. The van der Waals surface area contributed by atoms with Gasteiger partial charge in [0.2, 0.25) is 0 Å². The number of pyridine rings is 2. The third-order valence-corrected chi connectivity index (χ3v) is 6.34. The lowest BCUT2D eigenvalue weighted by Crippen LogP contribution is -2.35. The Morgan fingerprint density at radius 3 is 2.69 bits per heavy atom. The highest BCUT2D eigenvalue weighted by Gasteiger charge is 2.23. The molecule has 32 heavy (non-hydrogen) atoms. The van der Waals surface area contributed by atoms with E-state index in [9.17, 15) is 8.78 Å². The van der Waals surface area contributed by atoms with Gasteiger partial charge >= 0.3 is 0 Å². The fraction of sp³-hybridized carbons (Fsp3) is 0.292. The lowest BCUT2D eigenvalue weighted by Gasteiger charge is -2.33. The van der Waals surface area contributed by atoms with Gasteiger partial charge < -0.3 is 4.90 Å². The molecule has 0 amide bonds. The largest absolute Gasteiger partial charge is 0.369 e. The molecule has 1 aliphatic rings. The van der Waals surface area contributed by atoms with Crippen LogP contribution in [0.25, 0.3) is 16.8 Å². The molecule has 0 spiro atoms. The maximum atomic E-state index is 14.2. The predicted molar refractivity (Wildman–Crippen MR) is 121 cm³/mol. The normalized spacial score (nSPS) is 14.9. The van der Waals surface area contributed by atoms with Crippen LogP contribution in [-0.4, -0.2) is 32.7 Å². The predicted octanol–water partition coefficient (Wildman–Crippen LogP) is 5.49. The van der Waals surface area contributed by atoms with Gasteiger partial charge in [-0.25, -0.2) is 18.3 Å².